The molecular weight excluding hydrogens is 292 g/mol. The summed E-state index contributed by atoms with van der Waals surface area (Å²) in [4.78, 5) is 15.9. The number of carbonyl (C=O) groups is 1. The Hall–Kier alpha value is -2.31. The van der Waals surface area contributed by atoms with Gasteiger partial charge in [-0.2, -0.15) is 0 Å². The van der Waals surface area contributed by atoms with E-state index < -0.39 is 0 Å². The highest BCUT2D eigenvalue weighted by Crippen LogP contribution is 2.18. The van der Waals surface area contributed by atoms with Gasteiger partial charge in [0.05, 0.1) is 10.6 Å². The Labute approximate surface area is 126 Å². The molecule has 7 heteroatoms. The molecule has 2 aromatic rings. The van der Waals surface area contributed by atoms with E-state index in [1.165, 1.54) is 12.3 Å². The highest BCUT2D eigenvalue weighted by molar-refractivity contribution is 6.33. The summed E-state index contributed by atoms with van der Waals surface area (Å²) in [5.41, 5.74) is 3.72. The number of phenols is 1. The molecule has 1 aromatic carbocycles. The third-order valence-electron chi connectivity index (χ3n) is 2.88. The molecule has 0 unspecified atom stereocenters. The van der Waals surface area contributed by atoms with Crippen molar-refractivity contribution < 1.29 is 9.90 Å². The van der Waals surface area contributed by atoms with Crippen molar-refractivity contribution in [2.24, 2.45) is 5.84 Å². The maximum Gasteiger partial charge on any atom is 0.252 e. The second-order valence-electron chi connectivity index (χ2n) is 4.37. The largest absolute Gasteiger partial charge is 0.508 e. The summed E-state index contributed by atoms with van der Waals surface area (Å²) >= 11 is 5.91. The molecule has 1 amide bonds. The molecule has 1 heterocycles. The summed E-state index contributed by atoms with van der Waals surface area (Å²) in [6.45, 7) is 0.470. The van der Waals surface area contributed by atoms with Gasteiger partial charge in [-0.15, -0.1) is 0 Å². The number of nitrogens with zero attached hydrogens (tertiary/aromatic N) is 1. The van der Waals surface area contributed by atoms with Gasteiger partial charge in [-0.25, -0.2) is 10.8 Å². The minimum absolute atomic E-state index is 0.220. The normalized spacial score (nSPS) is 10.2. The molecule has 0 bridgehead atoms. The summed E-state index contributed by atoms with van der Waals surface area (Å²) in [6, 6.07) is 8.33. The molecule has 0 fully saturated rings. The van der Waals surface area contributed by atoms with Gasteiger partial charge >= 0.3 is 0 Å². The van der Waals surface area contributed by atoms with Gasteiger partial charge in [-0.05, 0) is 30.2 Å². The number of rotatable bonds is 5. The van der Waals surface area contributed by atoms with Crippen molar-refractivity contribution in [2.75, 3.05) is 12.0 Å². The van der Waals surface area contributed by atoms with Gasteiger partial charge in [0.2, 0.25) is 0 Å². The Morgan fingerprint density at radius 3 is 2.67 bits per heavy atom. The maximum atomic E-state index is 11.9. The molecule has 1 aromatic heterocycles. The number of pyridine rings is 1. The maximum absolute atomic E-state index is 11.9. The van der Waals surface area contributed by atoms with Crippen LogP contribution in [0.15, 0.2) is 36.5 Å². The molecule has 0 aliphatic heterocycles. The highest BCUT2D eigenvalue weighted by Gasteiger charge is 2.09. The Bertz CT molecular complexity index is 631. The lowest BCUT2D eigenvalue weighted by molar-refractivity contribution is 0.0954. The van der Waals surface area contributed by atoms with Gasteiger partial charge < -0.3 is 15.8 Å². The zero-order valence-corrected chi connectivity index (χ0v) is 11.9. The first-order chi connectivity index (χ1) is 10.1. The first-order valence-corrected chi connectivity index (χ1v) is 6.66. The number of aromatic hydroxyl groups is 1. The van der Waals surface area contributed by atoms with Crippen molar-refractivity contribution in [1.29, 1.82) is 0 Å². The van der Waals surface area contributed by atoms with E-state index >= 15 is 0 Å². The number of anilines is 1. The van der Waals surface area contributed by atoms with Crippen molar-refractivity contribution in [3.63, 3.8) is 0 Å². The molecule has 0 saturated carbocycles. The Kier molecular flexibility index (Phi) is 4.97. The molecular formula is C14H15ClN4O2. The molecule has 5 N–H and O–H groups in total. The molecule has 110 valence electrons. The molecule has 0 radical (unpaired) electrons. The fourth-order valence-corrected chi connectivity index (χ4v) is 1.97. The summed E-state index contributed by atoms with van der Waals surface area (Å²) in [7, 11) is 0. The van der Waals surface area contributed by atoms with Crippen LogP contribution in [0.4, 0.5) is 5.82 Å². The fourth-order valence-electron chi connectivity index (χ4n) is 1.75. The number of carbonyl (C=O) groups excluding carboxylic acids is 1. The number of amides is 1. The summed E-state index contributed by atoms with van der Waals surface area (Å²) < 4.78 is 0. The van der Waals surface area contributed by atoms with Crippen molar-refractivity contribution in [2.45, 2.75) is 6.42 Å². The van der Waals surface area contributed by atoms with E-state index in [1.807, 2.05) is 12.1 Å². The van der Waals surface area contributed by atoms with Gasteiger partial charge in [0, 0.05) is 12.7 Å². The van der Waals surface area contributed by atoms with Crippen molar-refractivity contribution in [1.82, 2.24) is 10.3 Å². The number of hydrazine groups is 1. The van der Waals surface area contributed by atoms with Crippen LogP contribution < -0.4 is 16.6 Å². The first kappa shape index (κ1) is 15.1. The Balaban J connectivity index is 1.89. The van der Waals surface area contributed by atoms with Gasteiger partial charge in [0.1, 0.15) is 5.75 Å². The van der Waals surface area contributed by atoms with Crippen LogP contribution in [0.3, 0.4) is 0 Å². The van der Waals surface area contributed by atoms with Crippen LogP contribution in [0.5, 0.6) is 5.75 Å². The van der Waals surface area contributed by atoms with Gasteiger partial charge in [-0.1, -0.05) is 23.7 Å². The highest BCUT2D eigenvalue weighted by atomic mass is 35.5. The van der Waals surface area contributed by atoms with E-state index in [-0.39, 0.29) is 16.7 Å². The van der Waals surface area contributed by atoms with E-state index in [2.05, 4.69) is 15.7 Å². The molecule has 0 aliphatic carbocycles. The number of nitrogens with two attached hydrogens (primary N) is 1. The number of hydrogen-bond donors (Lipinski definition) is 4. The molecule has 0 atom stereocenters. The predicted octanol–water partition coefficient (Wildman–Crippen LogP) is 1.70. The zero-order chi connectivity index (χ0) is 15.2. The van der Waals surface area contributed by atoms with Crippen molar-refractivity contribution >= 4 is 23.3 Å². The van der Waals surface area contributed by atoms with E-state index in [0.717, 1.165) is 5.56 Å². The number of aromatic nitrogens is 1. The summed E-state index contributed by atoms with van der Waals surface area (Å²) in [6.07, 6.45) is 2.06. The topological polar surface area (TPSA) is 100 Å². The molecule has 0 aliphatic rings. The van der Waals surface area contributed by atoms with Crippen LogP contribution in [0, 0.1) is 0 Å². The van der Waals surface area contributed by atoms with Crippen molar-refractivity contribution in [3.05, 3.63) is 52.7 Å². The minimum Gasteiger partial charge on any atom is -0.508 e. The Morgan fingerprint density at radius 2 is 2.05 bits per heavy atom. The molecule has 0 saturated heterocycles. The van der Waals surface area contributed by atoms with Gasteiger partial charge in [-0.3, -0.25) is 4.79 Å². The van der Waals surface area contributed by atoms with Gasteiger partial charge in [0.15, 0.2) is 5.82 Å². The molecule has 2 rings (SSSR count). The quantitative estimate of drug-likeness (QED) is 0.497. The van der Waals surface area contributed by atoms with Crippen molar-refractivity contribution in [3.8, 4) is 5.75 Å². The summed E-state index contributed by atoms with van der Waals surface area (Å²) in [5, 5.41) is 12.2. The average molecular weight is 307 g/mol. The number of nitrogens with one attached hydrogen (secondary N) is 2. The monoisotopic (exact) mass is 306 g/mol. The number of benzene rings is 1. The zero-order valence-electron chi connectivity index (χ0n) is 11.1. The number of hydrogen-bond acceptors (Lipinski definition) is 5. The SMILES string of the molecule is NNc1ncc(C(=O)NCCc2ccc(O)cc2)cc1Cl. The third kappa shape index (κ3) is 4.08. The lowest BCUT2D eigenvalue weighted by Gasteiger charge is -2.07. The van der Waals surface area contributed by atoms with Crippen LogP contribution in [0.25, 0.3) is 0 Å². The van der Waals surface area contributed by atoms with E-state index in [1.54, 1.807) is 12.1 Å². The van der Waals surface area contributed by atoms with E-state index in [4.69, 9.17) is 17.4 Å². The van der Waals surface area contributed by atoms with Crippen LogP contribution >= 0.6 is 11.6 Å². The van der Waals surface area contributed by atoms with Gasteiger partial charge in [0.25, 0.3) is 5.91 Å². The van der Waals surface area contributed by atoms with Crippen LogP contribution in [-0.4, -0.2) is 22.5 Å². The number of phenolic OH excluding ortho intramolecular Hbond substituents is 1. The van der Waals surface area contributed by atoms with Crippen LogP contribution in [-0.2, 0) is 6.42 Å². The van der Waals surface area contributed by atoms with E-state index in [9.17, 15) is 9.90 Å². The lowest BCUT2D eigenvalue weighted by atomic mass is 10.1. The molecule has 21 heavy (non-hydrogen) atoms. The average Bonchev–Trinajstić information content (AvgIpc) is 2.49. The minimum atomic E-state index is -0.258. The Morgan fingerprint density at radius 1 is 1.33 bits per heavy atom. The fraction of sp³-hybridized carbons (Fsp3) is 0.143. The predicted molar refractivity (Wildman–Crippen MR) is 81.2 cm³/mol. The smallest absolute Gasteiger partial charge is 0.252 e. The number of halogens is 1. The second kappa shape index (κ2) is 6.92. The second-order valence-corrected chi connectivity index (χ2v) is 4.78. The number of nitrogen functional groups attached to an aromatic ring is 1. The molecule has 6 nitrogen and oxygen atoms in total. The van der Waals surface area contributed by atoms with E-state index in [0.29, 0.717) is 24.3 Å². The van der Waals surface area contributed by atoms with Crippen LogP contribution in [0.2, 0.25) is 5.02 Å². The third-order valence-corrected chi connectivity index (χ3v) is 3.16. The van der Waals surface area contributed by atoms with Crippen LogP contribution in [0.1, 0.15) is 15.9 Å². The lowest BCUT2D eigenvalue weighted by Crippen LogP contribution is -2.26. The first-order valence-electron chi connectivity index (χ1n) is 6.28. The standard InChI is InChI=1S/C14H15ClN4O2/c15-12-7-10(8-18-13(12)19-16)14(21)17-6-5-9-1-3-11(20)4-2-9/h1-4,7-8,20H,5-6,16H2,(H,17,21)(H,18,19). The molecule has 0 spiro atoms. The summed E-state index contributed by atoms with van der Waals surface area (Å²) in [5.74, 6) is 5.50.